The van der Waals surface area contributed by atoms with Crippen LogP contribution < -0.4 is 15.2 Å². The highest BCUT2D eigenvalue weighted by molar-refractivity contribution is 7.89. The normalized spacial score (nSPS) is 16.8. The van der Waals surface area contributed by atoms with Crippen LogP contribution in [0.3, 0.4) is 0 Å². The predicted octanol–water partition coefficient (Wildman–Crippen LogP) is 0.513. The van der Waals surface area contributed by atoms with E-state index in [1.807, 2.05) is 0 Å². The van der Waals surface area contributed by atoms with Gasteiger partial charge in [-0.15, -0.1) is 0 Å². The molecule has 1 fully saturated rings. The van der Waals surface area contributed by atoms with Gasteiger partial charge in [0.05, 0.1) is 16.2 Å². The summed E-state index contributed by atoms with van der Waals surface area (Å²) in [5, 5.41) is 0. The Morgan fingerprint density at radius 2 is 2.07 bits per heavy atom. The molecule has 9 nitrogen and oxygen atoms in total. The van der Waals surface area contributed by atoms with Gasteiger partial charge in [-0.25, -0.2) is 22.5 Å². The van der Waals surface area contributed by atoms with Crippen molar-refractivity contribution in [3.8, 4) is 0 Å². The number of hydrogen-bond acceptors (Lipinski definition) is 6. The molecule has 2 heterocycles. The maximum Gasteiger partial charge on any atom is 0.256 e. The second-order valence-corrected chi connectivity index (χ2v) is 8.86. The molecule has 11 heteroatoms. The Morgan fingerprint density at radius 1 is 1.34 bits per heavy atom. The fraction of sp³-hybridized carbons (Fsp3) is 0.389. The summed E-state index contributed by atoms with van der Waals surface area (Å²) >= 11 is 0. The number of likely N-dealkylation sites (tertiary alicyclic amines) is 1. The van der Waals surface area contributed by atoms with Gasteiger partial charge in [0.25, 0.3) is 11.5 Å². The second kappa shape index (κ2) is 7.91. The van der Waals surface area contributed by atoms with Crippen LogP contribution in [0.4, 0.5) is 10.3 Å². The van der Waals surface area contributed by atoms with Crippen molar-refractivity contribution in [3.05, 3.63) is 51.7 Å². The Labute approximate surface area is 167 Å². The van der Waals surface area contributed by atoms with Crippen LogP contribution in [0.25, 0.3) is 0 Å². The lowest BCUT2D eigenvalue weighted by Crippen LogP contribution is -2.30. The molecule has 0 bridgehead atoms. The number of carbonyl (C=O) groups excluding carboxylic acids is 1. The molecule has 0 aliphatic carbocycles. The van der Waals surface area contributed by atoms with Crippen LogP contribution in [-0.4, -0.2) is 63.4 Å². The highest BCUT2D eigenvalue weighted by Gasteiger charge is 2.31. The van der Waals surface area contributed by atoms with Crippen LogP contribution in [0.5, 0.6) is 0 Å². The Hall–Kier alpha value is -2.79. The minimum Gasteiger partial charge on any atom is -0.348 e. The van der Waals surface area contributed by atoms with Gasteiger partial charge in [-0.3, -0.25) is 14.6 Å². The third-order valence-corrected chi connectivity index (χ3v) is 6.23. The molecule has 1 amide bonds. The van der Waals surface area contributed by atoms with E-state index in [2.05, 4.69) is 14.7 Å². The van der Waals surface area contributed by atoms with Crippen molar-refractivity contribution < 1.29 is 17.6 Å². The van der Waals surface area contributed by atoms with Gasteiger partial charge in [-0.2, -0.15) is 0 Å². The monoisotopic (exact) mass is 423 g/mol. The Balaban J connectivity index is 1.85. The maximum absolute atomic E-state index is 14.3. The maximum atomic E-state index is 14.3. The van der Waals surface area contributed by atoms with Gasteiger partial charge in [0.2, 0.25) is 16.0 Å². The number of sulfonamides is 1. The number of carbonyl (C=O) groups is 1. The smallest absolute Gasteiger partial charge is 0.256 e. The van der Waals surface area contributed by atoms with E-state index in [-0.39, 0.29) is 28.5 Å². The van der Waals surface area contributed by atoms with Crippen molar-refractivity contribution in [2.75, 3.05) is 39.1 Å². The van der Waals surface area contributed by atoms with Crippen molar-refractivity contribution in [2.45, 2.75) is 17.2 Å². The average molecular weight is 423 g/mol. The molecule has 0 spiro atoms. The van der Waals surface area contributed by atoms with Crippen molar-refractivity contribution in [3.63, 3.8) is 0 Å². The molecule has 29 heavy (non-hydrogen) atoms. The van der Waals surface area contributed by atoms with Gasteiger partial charge in [0.15, 0.2) is 0 Å². The zero-order chi connectivity index (χ0) is 21.3. The number of aromatic nitrogens is 2. The lowest BCUT2D eigenvalue weighted by molar-refractivity contribution is 0.0785. The van der Waals surface area contributed by atoms with E-state index in [1.165, 1.54) is 18.0 Å². The van der Waals surface area contributed by atoms with E-state index >= 15 is 0 Å². The van der Waals surface area contributed by atoms with E-state index < -0.39 is 21.7 Å². The molecule has 1 aromatic heterocycles. The molecular formula is C18H22FN5O4S. The lowest BCUT2D eigenvalue weighted by atomic mass is 10.0. The zero-order valence-corrected chi connectivity index (χ0v) is 17.1. The fourth-order valence-electron chi connectivity index (χ4n) is 3.19. The first-order valence-electron chi connectivity index (χ1n) is 8.93. The summed E-state index contributed by atoms with van der Waals surface area (Å²) in [7, 11) is 0.935. The number of amides is 1. The molecule has 0 saturated carbocycles. The van der Waals surface area contributed by atoms with Gasteiger partial charge >= 0.3 is 0 Å². The topological polar surface area (TPSA) is 115 Å². The average Bonchev–Trinajstić information content (AvgIpc) is 3.17. The number of nitrogens with zero attached hydrogens (tertiary/aromatic N) is 3. The molecule has 1 saturated heterocycles. The van der Waals surface area contributed by atoms with E-state index in [0.29, 0.717) is 24.6 Å². The Morgan fingerprint density at radius 3 is 2.72 bits per heavy atom. The molecule has 3 rings (SSSR count). The molecule has 0 radical (unpaired) electrons. The summed E-state index contributed by atoms with van der Waals surface area (Å²) in [5.41, 5.74) is -0.0472. The van der Waals surface area contributed by atoms with E-state index in [0.717, 1.165) is 18.2 Å². The van der Waals surface area contributed by atoms with E-state index in [1.54, 1.807) is 19.0 Å². The first kappa shape index (κ1) is 20.9. The second-order valence-electron chi connectivity index (χ2n) is 6.97. The largest absolute Gasteiger partial charge is 0.348 e. The number of anilines is 1. The van der Waals surface area contributed by atoms with Crippen molar-refractivity contribution >= 4 is 21.9 Å². The van der Waals surface area contributed by atoms with Crippen LogP contribution in [0.15, 0.2) is 34.0 Å². The standard InChI is InChI=1S/C18H22FN5O4S/c1-20-29(27,28)12-4-5-14(19)13(8-12)17(26)24-7-6-11(10-24)15-9-16(25)22-18(21-15)23(2)3/h4-5,8-9,11,20H,6-7,10H2,1-3H3,(H,21,22,25). The predicted molar refractivity (Wildman–Crippen MR) is 105 cm³/mol. The number of H-pyrrole nitrogens is 1. The number of rotatable bonds is 5. The van der Waals surface area contributed by atoms with Gasteiger partial charge in [-0.05, 0) is 31.7 Å². The molecule has 156 valence electrons. The highest BCUT2D eigenvalue weighted by atomic mass is 32.2. The highest BCUT2D eigenvalue weighted by Crippen LogP contribution is 2.28. The third kappa shape index (κ3) is 4.30. The minimum atomic E-state index is -3.81. The molecule has 1 unspecified atom stereocenters. The van der Waals surface area contributed by atoms with Gasteiger partial charge < -0.3 is 9.80 Å². The van der Waals surface area contributed by atoms with E-state index in [9.17, 15) is 22.4 Å². The van der Waals surface area contributed by atoms with Crippen molar-refractivity contribution in [1.82, 2.24) is 19.6 Å². The van der Waals surface area contributed by atoms with Crippen LogP contribution in [-0.2, 0) is 10.0 Å². The summed E-state index contributed by atoms with van der Waals surface area (Å²) in [6.45, 7) is 0.600. The Kier molecular flexibility index (Phi) is 5.71. The Bertz CT molecular complexity index is 1100. The molecule has 1 aliphatic heterocycles. The van der Waals surface area contributed by atoms with Crippen LogP contribution in [0.1, 0.15) is 28.4 Å². The molecule has 2 N–H and O–H groups in total. The SMILES string of the molecule is CNS(=O)(=O)c1ccc(F)c(C(=O)N2CCC(c3cc(=O)[nH]c(N(C)C)n3)C2)c1. The van der Waals surface area contributed by atoms with Gasteiger partial charge in [0, 0.05) is 39.2 Å². The third-order valence-electron chi connectivity index (χ3n) is 4.81. The number of halogens is 1. The van der Waals surface area contributed by atoms with Crippen LogP contribution in [0, 0.1) is 5.82 Å². The van der Waals surface area contributed by atoms with Crippen LogP contribution >= 0.6 is 0 Å². The summed E-state index contributed by atoms with van der Waals surface area (Å²) in [4.78, 5) is 34.7. The fourth-order valence-corrected chi connectivity index (χ4v) is 3.95. The van der Waals surface area contributed by atoms with Crippen molar-refractivity contribution in [2.24, 2.45) is 0 Å². The number of hydrogen-bond donors (Lipinski definition) is 2. The number of nitrogens with one attached hydrogen (secondary N) is 2. The van der Waals surface area contributed by atoms with Crippen molar-refractivity contribution in [1.29, 1.82) is 0 Å². The summed E-state index contributed by atoms with van der Waals surface area (Å²) in [6, 6.07) is 4.50. The number of aromatic amines is 1. The summed E-state index contributed by atoms with van der Waals surface area (Å²) in [6.07, 6.45) is 0.561. The van der Waals surface area contributed by atoms with E-state index in [4.69, 9.17) is 0 Å². The summed E-state index contributed by atoms with van der Waals surface area (Å²) in [5.74, 6) is -1.16. The van der Waals surface area contributed by atoms with Crippen LogP contribution in [0.2, 0.25) is 0 Å². The molecule has 1 aliphatic rings. The van der Waals surface area contributed by atoms with Gasteiger partial charge in [0.1, 0.15) is 5.82 Å². The first-order valence-corrected chi connectivity index (χ1v) is 10.4. The molecule has 2 aromatic rings. The lowest BCUT2D eigenvalue weighted by Gasteiger charge is -2.18. The summed E-state index contributed by atoms with van der Waals surface area (Å²) < 4.78 is 40.3. The molecular weight excluding hydrogens is 401 g/mol. The molecule has 1 aromatic carbocycles. The zero-order valence-electron chi connectivity index (χ0n) is 16.3. The number of benzene rings is 1. The first-order chi connectivity index (χ1) is 13.6. The molecule has 1 atom stereocenters. The quantitative estimate of drug-likeness (QED) is 0.724. The minimum absolute atomic E-state index is 0.174. The van der Waals surface area contributed by atoms with Gasteiger partial charge in [-0.1, -0.05) is 0 Å².